The third-order valence-corrected chi connectivity index (χ3v) is 5.03. The van der Waals surface area contributed by atoms with Crippen LogP contribution in [0.4, 0.5) is 10.6 Å². The molecular weight excluding hydrogens is 362 g/mol. The van der Waals surface area contributed by atoms with E-state index in [-0.39, 0.29) is 36.5 Å². The normalized spacial score (nSPS) is 19.0. The molecule has 152 valence electrons. The van der Waals surface area contributed by atoms with Crippen LogP contribution in [-0.4, -0.2) is 51.4 Å². The molecule has 0 saturated heterocycles. The SMILES string of the molecule is Cc1cc(CC(=O)Nc2cc([C@H]3CC[C@@H](OC(=O)N(C)C(C)C)C3)[nH]n2)on1. The molecule has 9 nitrogen and oxygen atoms in total. The zero-order chi connectivity index (χ0) is 20.3. The van der Waals surface area contributed by atoms with E-state index in [0.29, 0.717) is 11.6 Å². The van der Waals surface area contributed by atoms with Gasteiger partial charge in [-0.25, -0.2) is 4.79 Å². The van der Waals surface area contributed by atoms with Gasteiger partial charge in [0.2, 0.25) is 5.91 Å². The van der Waals surface area contributed by atoms with Crippen molar-refractivity contribution in [2.75, 3.05) is 12.4 Å². The van der Waals surface area contributed by atoms with Crippen molar-refractivity contribution in [3.63, 3.8) is 0 Å². The number of hydrogen-bond acceptors (Lipinski definition) is 6. The number of rotatable bonds is 6. The number of hydrogen-bond donors (Lipinski definition) is 2. The Bertz CT molecular complexity index is 828. The highest BCUT2D eigenvalue weighted by Gasteiger charge is 2.31. The van der Waals surface area contributed by atoms with Gasteiger partial charge in [-0.1, -0.05) is 5.16 Å². The monoisotopic (exact) mass is 389 g/mol. The van der Waals surface area contributed by atoms with E-state index in [1.54, 1.807) is 24.9 Å². The number of aromatic nitrogens is 3. The van der Waals surface area contributed by atoms with Crippen LogP contribution in [0.5, 0.6) is 0 Å². The standard InChI is InChI=1S/C19H27N5O4/c1-11(2)24(4)19(26)27-14-6-5-13(8-14)16-10-17(22-21-16)20-18(25)9-15-7-12(3)23-28-15/h7,10-11,13-14H,5-6,8-9H2,1-4H3,(H2,20,21,22,25)/t13-,14+/m0/s1. The lowest BCUT2D eigenvalue weighted by Gasteiger charge is -2.23. The Hall–Kier alpha value is -2.84. The highest BCUT2D eigenvalue weighted by molar-refractivity contribution is 5.91. The number of nitrogens with one attached hydrogen (secondary N) is 2. The topological polar surface area (TPSA) is 113 Å². The zero-order valence-electron chi connectivity index (χ0n) is 16.7. The lowest BCUT2D eigenvalue weighted by molar-refractivity contribution is -0.115. The van der Waals surface area contributed by atoms with Crippen molar-refractivity contribution in [2.24, 2.45) is 0 Å². The maximum absolute atomic E-state index is 12.1. The van der Waals surface area contributed by atoms with Crippen molar-refractivity contribution >= 4 is 17.8 Å². The number of carbonyl (C=O) groups excluding carboxylic acids is 2. The van der Waals surface area contributed by atoms with Gasteiger partial charge in [0.05, 0.1) is 12.1 Å². The van der Waals surface area contributed by atoms with E-state index in [0.717, 1.165) is 30.7 Å². The maximum Gasteiger partial charge on any atom is 0.410 e. The second-order valence-electron chi connectivity index (χ2n) is 7.59. The quantitative estimate of drug-likeness (QED) is 0.785. The van der Waals surface area contributed by atoms with Crippen LogP contribution in [0.1, 0.15) is 56.2 Å². The molecule has 3 rings (SSSR count). The Morgan fingerprint density at radius 2 is 2.18 bits per heavy atom. The molecule has 28 heavy (non-hydrogen) atoms. The Balaban J connectivity index is 1.50. The molecule has 2 aromatic rings. The van der Waals surface area contributed by atoms with Gasteiger partial charge >= 0.3 is 6.09 Å². The Kier molecular flexibility index (Phi) is 6.01. The molecule has 9 heteroatoms. The maximum atomic E-state index is 12.1. The summed E-state index contributed by atoms with van der Waals surface area (Å²) in [5.74, 6) is 0.982. The third-order valence-electron chi connectivity index (χ3n) is 5.03. The minimum atomic E-state index is -0.291. The molecule has 1 saturated carbocycles. The van der Waals surface area contributed by atoms with E-state index in [2.05, 4.69) is 20.7 Å². The van der Waals surface area contributed by atoms with Gasteiger partial charge in [-0.3, -0.25) is 9.89 Å². The van der Waals surface area contributed by atoms with Crippen molar-refractivity contribution in [1.82, 2.24) is 20.3 Å². The molecule has 2 amide bonds. The third kappa shape index (κ3) is 4.90. The number of carbonyl (C=O) groups is 2. The average Bonchev–Trinajstić information content (AvgIpc) is 3.36. The Labute approximate surface area is 163 Å². The summed E-state index contributed by atoms with van der Waals surface area (Å²) in [5, 5.41) is 13.7. The van der Waals surface area contributed by atoms with Gasteiger partial charge in [0.15, 0.2) is 5.82 Å². The van der Waals surface area contributed by atoms with E-state index < -0.39 is 0 Å². The average molecular weight is 389 g/mol. The second kappa shape index (κ2) is 8.45. The lowest BCUT2D eigenvalue weighted by atomic mass is 10.0. The number of nitrogens with zero attached hydrogens (tertiary/aromatic N) is 3. The molecule has 0 radical (unpaired) electrons. The van der Waals surface area contributed by atoms with Gasteiger partial charge < -0.3 is 19.5 Å². The highest BCUT2D eigenvalue weighted by atomic mass is 16.6. The van der Waals surface area contributed by atoms with E-state index in [4.69, 9.17) is 9.26 Å². The van der Waals surface area contributed by atoms with Crippen LogP contribution in [0.15, 0.2) is 16.7 Å². The number of anilines is 1. The molecule has 2 N–H and O–H groups in total. The van der Waals surface area contributed by atoms with Crippen molar-refractivity contribution in [1.29, 1.82) is 0 Å². The second-order valence-corrected chi connectivity index (χ2v) is 7.59. The minimum absolute atomic E-state index is 0.101. The molecule has 2 heterocycles. The summed E-state index contributed by atoms with van der Waals surface area (Å²) >= 11 is 0. The molecule has 0 unspecified atom stereocenters. The van der Waals surface area contributed by atoms with Gasteiger partial charge in [-0.05, 0) is 40.0 Å². The van der Waals surface area contributed by atoms with Gasteiger partial charge in [0.1, 0.15) is 11.9 Å². The number of H-pyrrole nitrogens is 1. The molecule has 1 aliphatic carbocycles. The summed E-state index contributed by atoms with van der Waals surface area (Å²) in [7, 11) is 1.74. The summed E-state index contributed by atoms with van der Waals surface area (Å²) in [4.78, 5) is 25.8. The fourth-order valence-corrected chi connectivity index (χ4v) is 3.22. The number of amides is 2. The number of aryl methyl sites for hydroxylation is 1. The predicted molar refractivity (Wildman–Crippen MR) is 102 cm³/mol. The highest BCUT2D eigenvalue weighted by Crippen LogP contribution is 2.36. The number of aromatic amines is 1. The van der Waals surface area contributed by atoms with Crippen LogP contribution < -0.4 is 5.32 Å². The van der Waals surface area contributed by atoms with Gasteiger partial charge in [-0.15, -0.1) is 0 Å². The molecule has 0 spiro atoms. The van der Waals surface area contributed by atoms with Crippen molar-refractivity contribution < 1.29 is 18.8 Å². The minimum Gasteiger partial charge on any atom is -0.446 e. The van der Waals surface area contributed by atoms with E-state index in [9.17, 15) is 9.59 Å². The fraction of sp³-hybridized carbons (Fsp3) is 0.579. The zero-order valence-corrected chi connectivity index (χ0v) is 16.7. The van der Waals surface area contributed by atoms with Gasteiger partial charge in [0.25, 0.3) is 0 Å². The molecule has 0 aromatic carbocycles. The predicted octanol–water partition coefficient (Wildman–Crippen LogP) is 3.00. The first kappa shape index (κ1) is 19.9. The first-order valence-corrected chi connectivity index (χ1v) is 9.52. The smallest absolute Gasteiger partial charge is 0.410 e. The van der Waals surface area contributed by atoms with Crippen LogP contribution in [0, 0.1) is 6.92 Å². The van der Waals surface area contributed by atoms with Crippen LogP contribution in [-0.2, 0) is 16.0 Å². The van der Waals surface area contributed by atoms with Crippen molar-refractivity contribution in [3.05, 3.63) is 29.3 Å². The number of ether oxygens (including phenoxy) is 1. The fourth-order valence-electron chi connectivity index (χ4n) is 3.22. The first-order valence-electron chi connectivity index (χ1n) is 9.52. The van der Waals surface area contributed by atoms with Crippen LogP contribution in [0.2, 0.25) is 0 Å². The van der Waals surface area contributed by atoms with Gasteiger partial charge in [-0.2, -0.15) is 5.10 Å². The molecule has 0 bridgehead atoms. The van der Waals surface area contributed by atoms with Crippen LogP contribution in [0.3, 0.4) is 0 Å². The molecular formula is C19H27N5O4. The van der Waals surface area contributed by atoms with Crippen LogP contribution >= 0.6 is 0 Å². The van der Waals surface area contributed by atoms with E-state index in [1.165, 1.54) is 0 Å². The molecule has 1 fully saturated rings. The molecule has 0 aliphatic heterocycles. The Morgan fingerprint density at radius 3 is 2.86 bits per heavy atom. The lowest BCUT2D eigenvalue weighted by Crippen LogP contribution is -2.35. The first-order chi connectivity index (χ1) is 13.3. The van der Waals surface area contributed by atoms with Gasteiger partial charge in [0, 0.05) is 36.8 Å². The largest absolute Gasteiger partial charge is 0.446 e. The van der Waals surface area contributed by atoms with E-state index in [1.807, 2.05) is 19.9 Å². The summed E-state index contributed by atoms with van der Waals surface area (Å²) in [5.41, 5.74) is 1.67. The molecule has 2 aromatic heterocycles. The summed E-state index contributed by atoms with van der Waals surface area (Å²) in [6.07, 6.45) is 2.17. The summed E-state index contributed by atoms with van der Waals surface area (Å²) in [6, 6.07) is 3.66. The molecule has 1 aliphatic rings. The van der Waals surface area contributed by atoms with E-state index >= 15 is 0 Å². The Morgan fingerprint density at radius 1 is 1.39 bits per heavy atom. The van der Waals surface area contributed by atoms with Crippen LogP contribution in [0.25, 0.3) is 0 Å². The van der Waals surface area contributed by atoms with Crippen molar-refractivity contribution in [3.8, 4) is 0 Å². The summed E-state index contributed by atoms with van der Waals surface area (Å²) in [6.45, 7) is 5.70. The molecule has 2 atom stereocenters. The van der Waals surface area contributed by atoms with Crippen molar-refractivity contribution in [2.45, 2.75) is 64.5 Å². The summed E-state index contributed by atoms with van der Waals surface area (Å²) < 4.78 is 10.6.